The number of hydrogen-bond acceptors (Lipinski definition) is 3. The Morgan fingerprint density at radius 1 is 1.33 bits per heavy atom. The largest absolute Gasteiger partial charge is 0.298 e. The Labute approximate surface area is 106 Å². The average molecular weight is 273 g/mol. The SMILES string of the molecule is CC(C)(C)C(=O)CNS(=O)(=O)c1cccc(F)c1. The minimum absolute atomic E-state index is 0.191. The van der Waals surface area contributed by atoms with E-state index in [1.165, 1.54) is 12.1 Å². The number of ketones is 1. The van der Waals surface area contributed by atoms with Gasteiger partial charge in [-0.15, -0.1) is 0 Å². The van der Waals surface area contributed by atoms with Crippen LogP contribution < -0.4 is 4.72 Å². The molecule has 100 valence electrons. The Morgan fingerprint density at radius 2 is 1.94 bits per heavy atom. The van der Waals surface area contributed by atoms with Crippen LogP contribution in [-0.4, -0.2) is 20.7 Å². The van der Waals surface area contributed by atoms with E-state index in [2.05, 4.69) is 4.72 Å². The lowest BCUT2D eigenvalue weighted by Gasteiger charge is -2.16. The van der Waals surface area contributed by atoms with Crippen LogP contribution in [0.5, 0.6) is 0 Å². The Morgan fingerprint density at radius 3 is 2.44 bits per heavy atom. The van der Waals surface area contributed by atoms with Crippen molar-refractivity contribution in [2.75, 3.05) is 6.54 Å². The molecule has 0 aliphatic rings. The highest BCUT2D eigenvalue weighted by Crippen LogP contribution is 2.15. The third-order valence-corrected chi connectivity index (χ3v) is 3.76. The monoisotopic (exact) mass is 273 g/mol. The molecule has 0 saturated heterocycles. The fraction of sp³-hybridized carbons (Fsp3) is 0.417. The van der Waals surface area contributed by atoms with Crippen LogP contribution in [0.4, 0.5) is 4.39 Å². The molecule has 0 aromatic heterocycles. The summed E-state index contributed by atoms with van der Waals surface area (Å²) in [6, 6.07) is 4.63. The van der Waals surface area contributed by atoms with Crippen LogP contribution in [0, 0.1) is 11.2 Å². The van der Waals surface area contributed by atoms with Crippen molar-refractivity contribution in [3.8, 4) is 0 Å². The van der Waals surface area contributed by atoms with E-state index in [0.29, 0.717) is 0 Å². The molecule has 18 heavy (non-hydrogen) atoms. The standard InChI is InChI=1S/C12H16FNO3S/c1-12(2,3)11(15)8-14-18(16,17)10-6-4-5-9(13)7-10/h4-7,14H,8H2,1-3H3. The Balaban J connectivity index is 2.81. The summed E-state index contributed by atoms with van der Waals surface area (Å²) in [6.07, 6.45) is 0. The molecule has 1 aromatic carbocycles. The Kier molecular flexibility index (Phi) is 4.24. The van der Waals surface area contributed by atoms with Crippen molar-refractivity contribution in [1.82, 2.24) is 4.72 Å². The number of Topliss-reactive ketones (excluding diaryl/α,β-unsaturated/α-hetero) is 1. The number of sulfonamides is 1. The minimum Gasteiger partial charge on any atom is -0.298 e. The van der Waals surface area contributed by atoms with Crippen LogP contribution in [0.15, 0.2) is 29.2 Å². The van der Waals surface area contributed by atoms with E-state index in [9.17, 15) is 17.6 Å². The summed E-state index contributed by atoms with van der Waals surface area (Å²) in [5, 5.41) is 0. The molecular formula is C12H16FNO3S. The van der Waals surface area contributed by atoms with Gasteiger partial charge in [-0.05, 0) is 18.2 Å². The highest BCUT2D eigenvalue weighted by atomic mass is 32.2. The predicted molar refractivity (Wildman–Crippen MR) is 66.1 cm³/mol. The van der Waals surface area contributed by atoms with Gasteiger partial charge in [-0.3, -0.25) is 4.79 Å². The maximum absolute atomic E-state index is 12.9. The van der Waals surface area contributed by atoms with Crippen molar-refractivity contribution < 1.29 is 17.6 Å². The summed E-state index contributed by atoms with van der Waals surface area (Å²) in [6.45, 7) is 4.80. The average Bonchev–Trinajstić information content (AvgIpc) is 2.24. The van der Waals surface area contributed by atoms with Crippen molar-refractivity contribution in [2.45, 2.75) is 25.7 Å². The predicted octanol–water partition coefficient (Wildman–Crippen LogP) is 1.72. The molecular weight excluding hydrogens is 257 g/mol. The summed E-state index contributed by atoms with van der Waals surface area (Å²) in [7, 11) is -3.85. The first-order chi connectivity index (χ1) is 8.13. The van der Waals surface area contributed by atoms with Gasteiger partial charge in [-0.2, -0.15) is 0 Å². The normalized spacial score (nSPS) is 12.4. The molecule has 0 fully saturated rings. The number of hydrogen-bond donors (Lipinski definition) is 1. The number of nitrogens with one attached hydrogen (secondary N) is 1. The van der Waals surface area contributed by atoms with Crippen molar-refractivity contribution in [2.24, 2.45) is 5.41 Å². The third kappa shape index (κ3) is 3.89. The van der Waals surface area contributed by atoms with E-state index in [-0.39, 0.29) is 17.2 Å². The zero-order valence-corrected chi connectivity index (χ0v) is 11.3. The number of carbonyl (C=O) groups is 1. The molecule has 6 heteroatoms. The van der Waals surface area contributed by atoms with Crippen LogP contribution in [0.2, 0.25) is 0 Å². The summed E-state index contributed by atoms with van der Waals surface area (Å²) in [4.78, 5) is 11.4. The van der Waals surface area contributed by atoms with Crippen molar-refractivity contribution in [3.05, 3.63) is 30.1 Å². The lowest BCUT2D eigenvalue weighted by Crippen LogP contribution is -2.35. The molecule has 0 aliphatic carbocycles. The summed E-state index contributed by atoms with van der Waals surface area (Å²) < 4.78 is 38.7. The number of carbonyl (C=O) groups excluding carboxylic acids is 1. The molecule has 0 spiro atoms. The van der Waals surface area contributed by atoms with E-state index in [4.69, 9.17) is 0 Å². The van der Waals surface area contributed by atoms with E-state index in [1.807, 2.05) is 0 Å². The molecule has 0 heterocycles. The third-order valence-electron chi connectivity index (χ3n) is 2.37. The quantitative estimate of drug-likeness (QED) is 0.908. The zero-order chi connectivity index (χ0) is 14.0. The maximum Gasteiger partial charge on any atom is 0.241 e. The van der Waals surface area contributed by atoms with Gasteiger partial charge in [0, 0.05) is 5.41 Å². The molecule has 0 unspecified atom stereocenters. The van der Waals surface area contributed by atoms with E-state index >= 15 is 0 Å². The van der Waals surface area contributed by atoms with Crippen molar-refractivity contribution >= 4 is 15.8 Å². The fourth-order valence-corrected chi connectivity index (χ4v) is 2.16. The van der Waals surface area contributed by atoms with Gasteiger partial charge in [0.15, 0.2) is 5.78 Å². The first-order valence-corrected chi connectivity index (χ1v) is 6.90. The van der Waals surface area contributed by atoms with E-state index < -0.39 is 21.3 Å². The Hall–Kier alpha value is -1.27. The summed E-state index contributed by atoms with van der Waals surface area (Å²) in [5.74, 6) is -0.873. The van der Waals surface area contributed by atoms with Crippen LogP contribution in [-0.2, 0) is 14.8 Å². The smallest absolute Gasteiger partial charge is 0.241 e. The second kappa shape index (κ2) is 5.16. The topological polar surface area (TPSA) is 63.2 Å². The highest BCUT2D eigenvalue weighted by Gasteiger charge is 2.23. The van der Waals surface area contributed by atoms with Gasteiger partial charge < -0.3 is 0 Å². The summed E-state index contributed by atoms with van der Waals surface area (Å²) in [5.41, 5.74) is -0.621. The van der Waals surface area contributed by atoms with Crippen LogP contribution in [0.1, 0.15) is 20.8 Å². The first-order valence-electron chi connectivity index (χ1n) is 5.41. The molecule has 0 bridgehead atoms. The van der Waals surface area contributed by atoms with Crippen LogP contribution in [0.25, 0.3) is 0 Å². The highest BCUT2D eigenvalue weighted by molar-refractivity contribution is 7.89. The van der Waals surface area contributed by atoms with E-state index in [1.54, 1.807) is 20.8 Å². The molecule has 4 nitrogen and oxygen atoms in total. The maximum atomic E-state index is 12.9. The van der Waals surface area contributed by atoms with E-state index in [0.717, 1.165) is 12.1 Å². The minimum atomic E-state index is -3.85. The van der Waals surface area contributed by atoms with Gasteiger partial charge in [-0.25, -0.2) is 17.5 Å². The van der Waals surface area contributed by atoms with Crippen molar-refractivity contribution in [1.29, 1.82) is 0 Å². The van der Waals surface area contributed by atoms with Gasteiger partial charge in [0.2, 0.25) is 10.0 Å². The molecule has 0 radical (unpaired) electrons. The molecule has 0 saturated carbocycles. The zero-order valence-electron chi connectivity index (χ0n) is 10.5. The van der Waals surface area contributed by atoms with Crippen LogP contribution in [0.3, 0.4) is 0 Å². The molecule has 1 aromatic rings. The van der Waals surface area contributed by atoms with Gasteiger partial charge in [0.05, 0.1) is 11.4 Å². The molecule has 0 amide bonds. The Bertz CT molecular complexity index is 547. The molecule has 0 atom stereocenters. The number of benzene rings is 1. The number of rotatable bonds is 4. The van der Waals surface area contributed by atoms with Gasteiger partial charge in [0.25, 0.3) is 0 Å². The lowest BCUT2D eigenvalue weighted by atomic mass is 9.91. The van der Waals surface area contributed by atoms with Gasteiger partial charge >= 0.3 is 0 Å². The number of halogens is 1. The lowest BCUT2D eigenvalue weighted by molar-refractivity contribution is -0.125. The molecule has 0 aliphatic heterocycles. The second-order valence-electron chi connectivity index (χ2n) is 4.96. The molecule has 1 N–H and O–H groups in total. The first kappa shape index (κ1) is 14.8. The van der Waals surface area contributed by atoms with Crippen molar-refractivity contribution in [3.63, 3.8) is 0 Å². The second-order valence-corrected chi connectivity index (χ2v) is 6.72. The van der Waals surface area contributed by atoms with Gasteiger partial charge in [-0.1, -0.05) is 26.8 Å². The summed E-state index contributed by atoms with van der Waals surface area (Å²) >= 11 is 0. The fourth-order valence-electron chi connectivity index (χ4n) is 1.14. The van der Waals surface area contributed by atoms with Crippen LogP contribution >= 0.6 is 0 Å². The molecule has 1 rings (SSSR count). The van der Waals surface area contributed by atoms with Gasteiger partial charge in [0.1, 0.15) is 5.82 Å².